The highest BCUT2D eigenvalue weighted by molar-refractivity contribution is 6.30. The van der Waals surface area contributed by atoms with Crippen molar-refractivity contribution >= 4 is 34.1 Å². The number of rotatable bonds is 3. The average Bonchev–Trinajstić information content (AvgIpc) is 2.99. The zero-order valence-electron chi connectivity index (χ0n) is 15.0. The van der Waals surface area contributed by atoms with E-state index in [0.29, 0.717) is 16.6 Å². The van der Waals surface area contributed by atoms with Gasteiger partial charge in [0.2, 0.25) is 0 Å². The maximum Gasteiger partial charge on any atom is 0.255 e. The van der Waals surface area contributed by atoms with Crippen LogP contribution >= 0.6 is 11.6 Å². The summed E-state index contributed by atoms with van der Waals surface area (Å²) in [5.74, 6) is -0.128. The number of H-pyrrole nitrogens is 1. The normalized spacial score (nSPS) is 16.7. The summed E-state index contributed by atoms with van der Waals surface area (Å²) < 4.78 is 0. The van der Waals surface area contributed by atoms with Crippen LogP contribution in [-0.4, -0.2) is 35.9 Å². The molecule has 0 bridgehead atoms. The largest absolute Gasteiger partial charge is 0.358 e. The molecule has 1 aliphatic rings. The lowest BCUT2D eigenvalue weighted by atomic mass is 9.91. The summed E-state index contributed by atoms with van der Waals surface area (Å²) in [5, 5.41) is 4.83. The average molecular weight is 368 g/mol. The summed E-state index contributed by atoms with van der Waals surface area (Å²) in [5.41, 5.74) is 5.26. The van der Waals surface area contributed by atoms with Gasteiger partial charge in [0.05, 0.1) is 0 Å². The second-order valence-electron chi connectivity index (χ2n) is 7.16. The van der Waals surface area contributed by atoms with E-state index in [1.807, 2.05) is 6.07 Å². The van der Waals surface area contributed by atoms with Gasteiger partial charge in [-0.1, -0.05) is 11.6 Å². The molecule has 134 valence electrons. The molecule has 4 nitrogen and oxygen atoms in total. The molecule has 0 fully saturated rings. The number of anilines is 1. The van der Waals surface area contributed by atoms with Crippen LogP contribution in [0.2, 0.25) is 5.02 Å². The van der Waals surface area contributed by atoms with Gasteiger partial charge in [0.25, 0.3) is 5.91 Å². The van der Waals surface area contributed by atoms with Gasteiger partial charge in [0, 0.05) is 38.9 Å². The van der Waals surface area contributed by atoms with Crippen LogP contribution in [-0.2, 0) is 12.8 Å². The van der Waals surface area contributed by atoms with Crippen molar-refractivity contribution in [3.63, 3.8) is 0 Å². The van der Waals surface area contributed by atoms with E-state index in [-0.39, 0.29) is 5.91 Å². The highest BCUT2D eigenvalue weighted by Gasteiger charge is 2.23. The first kappa shape index (κ1) is 17.1. The monoisotopic (exact) mass is 367 g/mol. The number of aryl methyl sites for hydroxylation is 1. The molecule has 3 aromatic rings. The van der Waals surface area contributed by atoms with E-state index in [9.17, 15) is 4.79 Å². The Balaban J connectivity index is 1.62. The Bertz CT molecular complexity index is 959. The van der Waals surface area contributed by atoms with Gasteiger partial charge in [-0.15, -0.1) is 0 Å². The number of hydrogen-bond acceptors (Lipinski definition) is 2. The lowest BCUT2D eigenvalue weighted by Gasteiger charge is -2.28. The number of nitrogens with zero attached hydrogens (tertiary/aromatic N) is 1. The number of hydrogen-bond donors (Lipinski definition) is 2. The van der Waals surface area contributed by atoms with Crippen LogP contribution in [0.5, 0.6) is 0 Å². The van der Waals surface area contributed by atoms with Crippen molar-refractivity contribution < 1.29 is 4.79 Å². The Kier molecular flexibility index (Phi) is 4.47. The smallest absolute Gasteiger partial charge is 0.255 e. The van der Waals surface area contributed by atoms with Crippen molar-refractivity contribution in [2.24, 2.45) is 0 Å². The molecule has 1 aromatic heterocycles. The number of carbonyl (C=O) groups is 1. The fourth-order valence-electron chi connectivity index (χ4n) is 3.72. The first-order valence-corrected chi connectivity index (χ1v) is 9.26. The van der Waals surface area contributed by atoms with Crippen molar-refractivity contribution in [3.05, 3.63) is 64.3 Å². The molecule has 0 saturated carbocycles. The zero-order valence-corrected chi connectivity index (χ0v) is 15.7. The number of halogens is 1. The molecule has 1 atom stereocenters. The summed E-state index contributed by atoms with van der Waals surface area (Å²) in [6, 6.07) is 13.6. The zero-order chi connectivity index (χ0) is 18.3. The number of carbonyl (C=O) groups excluding carboxylic acids is 1. The van der Waals surface area contributed by atoms with Crippen molar-refractivity contribution in [2.45, 2.75) is 25.3 Å². The summed E-state index contributed by atoms with van der Waals surface area (Å²) in [4.78, 5) is 18.3. The molecular formula is C21H22ClN3O. The van der Waals surface area contributed by atoms with E-state index in [0.717, 1.165) is 24.0 Å². The molecule has 0 aliphatic heterocycles. The van der Waals surface area contributed by atoms with Gasteiger partial charge in [0.1, 0.15) is 0 Å². The molecule has 0 radical (unpaired) electrons. The number of fused-ring (bicyclic) bond motifs is 3. The van der Waals surface area contributed by atoms with Crippen molar-refractivity contribution in [3.8, 4) is 0 Å². The van der Waals surface area contributed by atoms with Crippen LogP contribution in [0.1, 0.15) is 28.0 Å². The van der Waals surface area contributed by atoms with Crippen LogP contribution in [0.25, 0.3) is 10.9 Å². The van der Waals surface area contributed by atoms with E-state index in [1.165, 1.54) is 23.1 Å². The van der Waals surface area contributed by atoms with Crippen LogP contribution < -0.4 is 5.32 Å². The van der Waals surface area contributed by atoms with Gasteiger partial charge in [-0.3, -0.25) is 4.79 Å². The Hall–Kier alpha value is -2.30. The topological polar surface area (TPSA) is 48.1 Å². The number of aromatic nitrogens is 1. The third-order valence-electron chi connectivity index (χ3n) is 5.26. The fourth-order valence-corrected chi connectivity index (χ4v) is 3.85. The lowest BCUT2D eigenvalue weighted by Crippen LogP contribution is -2.33. The van der Waals surface area contributed by atoms with E-state index in [1.54, 1.807) is 24.3 Å². The van der Waals surface area contributed by atoms with Gasteiger partial charge in [-0.05, 0) is 81.4 Å². The number of benzene rings is 2. The molecule has 0 spiro atoms. The molecule has 1 unspecified atom stereocenters. The van der Waals surface area contributed by atoms with Crippen LogP contribution in [0.3, 0.4) is 0 Å². The van der Waals surface area contributed by atoms with Crippen LogP contribution in [0.15, 0.2) is 42.5 Å². The summed E-state index contributed by atoms with van der Waals surface area (Å²) in [6.45, 7) is 0. The maximum atomic E-state index is 12.5. The number of nitrogens with one attached hydrogen (secondary N) is 2. The Morgan fingerprint density at radius 3 is 2.69 bits per heavy atom. The molecule has 1 heterocycles. The van der Waals surface area contributed by atoms with Gasteiger partial charge >= 0.3 is 0 Å². The molecule has 5 heteroatoms. The Morgan fingerprint density at radius 2 is 1.96 bits per heavy atom. The second kappa shape index (κ2) is 6.78. The second-order valence-corrected chi connectivity index (χ2v) is 7.60. The Labute approximate surface area is 158 Å². The molecule has 2 aromatic carbocycles. The van der Waals surface area contributed by atoms with Gasteiger partial charge in [-0.25, -0.2) is 0 Å². The molecule has 4 rings (SSSR count). The molecule has 0 saturated heterocycles. The third-order valence-corrected chi connectivity index (χ3v) is 5.51. The minimum Gasteiger partial charge on any atom is -0.358 e. The lowest BCUT2D eigenvalue weighted by molar-refractivity contribution is 0.102. The number of aromatic amines is 1. The summed E-state index contributed by atoms with van der Waals surface area (Å²) in [6.07, 6.45) is 3.28. The predicted molar refractivity (Wildman–Crippen MR) is 107 cm³/mol. The fraction of sp³-hybridized carbons (Fsp3) is 0.286. The molecule has 1 amide bonds. The minimum absolute atomic E-state index is 0.128. The summed E-state index contributed by atoms with van der Waals surface area (Å²) >= 11 is 5.89. The van der Waals surface area contributed by atoms with Crippen molar-refractivity contribution in [1.29, 1.82) is 0 Å². The predicted octanol–water partition coefficient (Wildman–Crippen LogP) is 4.49. The van der Waals surface area contributed by atoms with E-state index >= 15 is 0 Å². The van der Waals surface area contributed by atoms with Crippen LogP contribution in [0.4, 0.5) is 5.69 Å². The highest BCUT2D eigenvalue weighted by atomic mass is 35.5. The van der Waals surface area contributed by atoms with Crippen molar-refractivity contribution in [1.82, 2.24) is 9.88 Å². The van der Waals surface area contributed by atoms with Gasteiger partial charge in [0.15, 0.2) is 0 Å². The molecule has 1 aliphatic carbocycles. The van der Waals surface area contributed by atoms with Crippen molar-refractivity contribution in [2.75, 3.05) is 19.4 Å². The highest BCUT2D eigenvalue weighted by Crippen LogP contribution is 2.32. The molecule has 26 heavy (non-hydrogen) atoms. The molecular weight excluding hydrogens is 346 g/mol. The SMILES string of the molecule is CN(C)C1CCc2[nH]c3ccc(NC(=O)c4ccc(Cl)cc4)cc3c2C1. The Morgan fingerprint density at radius 1 is 1.19 bits per heavy atom. The first-order chi connectivity index (χ1) is 12.5. The quantitative estimate of drug-likeness (QED) is 0.716. The maximum absolute atomic E-state index is 12.5. The summed E-state index contributed by atoms with van der Waals surface area (Å²) in [7, 11) is 4.28. The number of amides is 1. The van der Waals surface area contributed by atoms with Gasteiger partial charge in [-0.2, -0.15) is 0 Å². The van der Waals surface area contributed by atoms with Crippen LogP contribution in [0, 0.1) is 0 Å². The standard InChI is InChI=1S/C21H22ClN3O/c1-25(2)16-8-10-20-18(12-16)17-11-15(7-9-19(17)24-20)23-21(26)13-3-5-14(22)6-4-13/h3-7,9,11,16,24H,8,10,12H2,1-2H3,(H,23,26). The van der Waals surface area contributed by atoms with E-state index in [4.69, 9.17) is 11.6 Å². The molecule has 2 N–H and O–H groups in total. The first-order valence-electron chi connectivity index (χ1n) is 8.88. The van der Waals surface area contributed by atoms with E-state index in [2.05, 4.69) is 41.4 Å². The van der Waals surface area contributed by atoms with Gasteiger partial charge < -0.3 is 15.2 Å². The minimum atomic E-state index is -0.128. The van der Waals surface area contributed by atoms with E-state index < -0.39 is 0 Å². The number of likely N-dealkylation sites (N-methyl/N-ethyl adjacent to an activating group) is 1. The third kappa shape index (κ3) is 3.22.